The molecule has 1 heterocycles. The molecule has 0 saturated heterocycles. The van der Waals surface area contributed by atoms with Crippen LogP contribution in [-0.4, -0.2) is 30.2 Å². The predicted molar refractivity (Wildman–Crippen MR) is 113 cm³/mol. The number of hydrogen-bond acceptors (Lipinski definition) is 5. The van der Waals surface area contributed by atoms with Crippen LogP contribution in [0.2, 0.25) is 0 Å². The van der Waals surface area contributed by atoms with Crippen molar-refractivity contribution in [2.45, 2.75) is 33.7 Å². The van der Waals surface area contributed by atoms with Crippen molar-refractivity contribution in [1.29, 1.82) is 0 Å². The quantitative estimate of drug-likeness (QED) is 0.581. The van der Waals surface area contributed by atoms with Crippen LogP contribution in [0.4, 0.5) is 0 Å². The normalized spacial score (nSPS) is 11.7. The highest BCUT2D eigenvalue weighted by molar-refractivity contribution is 7.16. The summed E-state index contributed by atoms with van der Waals surface area (Å²) in [4.78, 5) is 29.5. The molecule has 152 valence electrons. The van der Waals surface area contributed by atoms with E-state index in [0.29, 0.717) is 11.4 Å². The Morgan fingerprint density at radius 2 is 1.93 bits per heavy atom. The van der Waals surface area contributed by atoms with Gasteiger partial charge in [-0.3, -0.25) is 9.59 Å². The molecule has 0 N–H and O–H groups in total. The number of aryl methyl sites for hydroxylation is 2. The van der Waals surface area contributed by atoms with Gasteiger partial charge in [-0.15, -0.1) is 0 Å². The lowest BCUT2D eigenvalue weighted by molar-refractivity contribution is -0.143. The van der Waals surface area contributed by atoms with E-state index in [2.05, 4.69) is 4.99 Å². The summed E-state index contributed by atoms with van der Waals surface area (Å²) in [5.74, 6) is 0.160. The summed E-state index contributed by atoms with van der Waals surface area (Å²) in [6, 6.07) is 11.6. The topological polar surface area (TPSA) is 69.9 Å². The number of benzene rings is 2. The fraction of sp³-hybridized carbons (Fsp3) is 0.318. The van der Waals surface area contributed by atoms with Crippen LogP contribution >= 0.6 is 11.3 Å². The van der Waals surface area contributed by atoms with Crippen LogP contribution in [0.1, 0.15) is 23.6 Å². The van der Waals surface area contributed by atoms with Gasteiger partial charge >= 0.3 is 5.97 Å². The molecule has 0 fully saturated rings. The van der Waals surface area contributed by atoms with Gasteiger partial charge in [0.25, 0.3) is 5.91 Å². The second kappa shape index (κ2) is 9.05. The van der Waals surface area contributed by atoms with Crippen LogP contribution in [0.3, 0.4) is 0 Å². The highest BCUT2D eigenvalue weighted by Gasteiger charge is 2.13. The van der Waals surface area contributed by atoms with Gasteiger partial charge in [-0.05, 0) is 55.7 Å². The van der Waals surface area contributed by atoms with Crippen LogP contribution in [0, 0.1) is 13.8 Å². The van der Waals surface area contributed by atoms with E-state index in [4.69, 9.17) is 9.47 Å². The largest absolute Gasteiger partial charge is 0.496 e. The molecule has 0 spiro atoms. The summed E-state index contributed by atoms with van der Waals surface area (Å²) < 4.78 is 13.1. The van der Waals surface area contributed by atoms with Gasteiger partial charge in [-0.2, -0.15) is 4.99 Å². The molecule has 0 radical (unpaired) electrons. The van der Waals surface area contributed by atoms with E-state index in [1.165, 1.54) is 11.3 Å². The van der Waals surface area contributed by atoms with Gasteiger partial charge in [0.2, 0.25) is 0 Å². The van der Waals surface area contributed by atoms with Crippen molar-refractivity contribution in [1.82, 2.24) is 4.57 Å². The standard InChI is InChI=1S/C22H24N2O4S/c1-5-28-21(26)13-24-17-8-6-14(2)10-19(17)29-22(24)23-20(25)12-16-7-9-18(27-4)15(3)11-16/h6-11H,5,12-13H2,1-4H3. The maximum atomic E-state index is 12.6. The highest BCUT2D eigenvalue weighted by Crippen LogP contribution is 2.20. The molecule has 1 aromatic heterocycles. The summed E-state index contributed by atoms with van der Waals surface area (Å²) in [5.41, 5.74) is 3.80. The van der Waals surface area contributed by atoms with Crippen LogP contribution in [0.15, 0.2) is 41.4 Å². The third-order valence-electron chi connectivity index (χ3n) is 4.47. The van der Waals surface area contributed by atoms with E-state index in [1.54, 1.807) is 18.6 Å². The maximum absolute atomic E-state index is 12.6. The van der Waals surface area contributed by atoms with Crippen molar-refractivity contribution < 1.29 is 19.1 Å². The first-order valence-corrected chi connectivity index (χ1v) is 10.2. The number of esters is 1. The Morgan fingerprint density at radius 3 is 2.62 bits per heavy atom. The number of rotatable bonds is 6. The first-order valence-electron chi connectivity index (χ1n) is 9.38. The molecule has 1 amide bonds. The van der Waals surface area contributed by atoms with Gasteiger partial charge in [-0.25, -0.2) is 0 Å². The van der Waals surface area contributed by atoms with Gasteiger partial charge in [0.1, 0.15) is 12.3 Å². The van der Waals surface area contributed by atoms with E-state index in [1.807, 2.05) is 50.2 Å². The molecule has 2 aromatic carbocycles. The molecule has 0 bridgehead atoms. The van der Waals surface area contributed by atoms with Crippen molar-refractivity contribution in [3.63, 3.8) is 0 Å². The number of carbonyl (C=O) groups excluding carboxylic acids is 2. The number of ether oxygens (including phenoxy) is 2. The third kappa shape index (κ3) is 4.92. The number of thiazole rings is 1. The molecule has 0 saturated carbocycles. The monoisotopic (exact) mass is 412 g/mol. The average Bonchev–Trinajstić information content (AvgIpc) is 2.98. The fourth-order valence-corrected chi connectivity index (χ4v) is 4.27. The molecule has 0 unspecified atom stereocenters. The van der Waals surface area contributed by atoms with Gasteiger partial charge in [0, 0.05) is 0 Å². The summed E-state index contributed by atoms with van der Waals surface area (Å²) in [6.45, 7) is 6.03. The molecule has 6 nitrogen and oxygen atoms in total. The number of amides is 1. The summed E-state index contributed by atoms with van der Waals surface area (Å²) >= 11 is 1.39. The van der Waals surface area contributed by atoms with Gasteiger partial charge in [-0.1, -0.05) is 29.5 Å². The van der Waals surface area contributed by atoms with Crippen LogP contribution < -0.4 is 9.54 Å². The van der Waals surface area contributed by atoms with E-state index < -0.39 is 0 Å². The average molecular weight is 413 g/mol. The second-order valence-corrected chi connectivity index (χ2v) is 7.74. The molecule has 0 aliphatic heterocycles. The minimum Gasteiger partial charge on any atom is -0.496 e. The highest BCUT2D eigenvalue weighted by atomic mass is 32.1. The molecule has 29 heavy (non-hydrogen) atoms. The van der Waals surface area contributed by atoms with Gasteiger partial charge in [0.05, 0.1) is 30.4 Å². The van der Waals surface area contributed by atoms with Crippen LogP contribution in [0.5, 0.6) is 5.75 Å². The molecule has 3 rings (SSSR count). The molecular formula is C22H24N2O4S. The predicted octanol–water partition coefficient (Wildman–Crippen LogP) is 3.56. The minimum absolute atomic E-state index is 0.0185. The maximum Gasteiger partial charge on any atom is 0.326 e. The van der Waals surface area contributed by atoms with Gasteiger partial charge in [0.15, 0.2) is 4.80 Å². The zero-order valence-electron chi connectivity index (χ0n) is 17.0. The fourth-order valence-electron chi connectivity index (χ4n) is 3.13. The molecular weight excluding hydrogens is 388 g/mol. The summed E-state index contributed by atoms with van der Waals surface area (Å²) in [7, 11) is 1.62. The first kappa shape index (κ1) is 20.8. The lowest BCUT2D eigenvalue weighted by Gasteiger charge is -2.06. The summed E-state index contributed by atoms with van der Waals surface area (Å²) in [5, 5.41) is 0. The van der Waals surface area contributed by atoms with Crippen molar-refractivity contribution in [2.24, 2.45) is 4.99 Å². The lowest BCUT2D eigenvalue weighted by Crippen LogP contribution is -2.23. The number of hydrogen-bond donors (Lipinski definition) is 0. The number of nitrogens with zero attached hydrogens (tertiary/aromatic N) is 2. The van der Waals surface area contributed by atoms with Crippen molar-refractivity contribution >= 4 is 33.4 Å². The minimum atomic E-state index is -0.354. The Balaban J connectivity index is 1.96. The Labute approximate surface area is 173 Å². The zero-order valence-corrected chi connectivity index (χ0v) is 17.8. The third-order valence-corrected chi connectivity index (χ3v) is 5.51. The number of carbonyl (C=O) groups is 2. The van der Waals surface area contributed by atoms with E-state index in [0.717, 1.165) is 32.7 Å². The Morgan fingerprint density at radius 1 is 1.14 bits per heavy atom. The van der Waals surface area contributed by atoms with Crippen LogP contribution in [-0.2, 0) is 27.3 Å². The molecule has 0 aliphatic rings. The van der Waals surface area contributed by atoms with Gasteiger partial charge < -0.3 is 14.0 Å². The SMILES string of the molecule is CCOC(=O)Cn1c(=NC(=O)Cc2ccc(OC)c(C)c2)sc2cc(C)ccc21. The Hall–Kier alpha value is -2.93. The lowest BCUT2D eigenvalue weighted by atomic mass is 10.1. The van der Waals surface area contributed by atoms with Crippen LogP contribution in [0.25, 0.3) is 10.2 Å². The van der Waals surface area contributed by atoms with Crippen molar-refractivity contribution in [3.8, 4) is 5.75 Å². The van der Waals surface area contributed by atoms with E-state index >= 15 is 0 Å². The summed E-state index contributed by atoms with van der Waals surface area (Å²) in [6.07, 6.45) is 0.178. The van der Waals surface area contributed by atoms with E-state index in [9.17, 15) is 9.59 Å². The number of aromatic nitrogens is 1. The van der Waals surface area contributed by atoms with Crippen molar-refractivity contribution in [3.05, 3.63) is 57.9 Å². The smallest absolute Gasteiger partial charge is 0.326 e. The number of fused-ring (bicyclic) bond motifs is 1. The molecule has 0 aliphatic carbocycles. The molecule has 0 atom stereocenters. The van der Waals surface area contributed by atoms with Crippen molar-refractivity contribution in [2.75, 3.05) is 13.7 Å². The molecule has 3 aromatic rings. The first-order chi connectivity index (χ1) is 13.9. The Kier molecular flexibility index (Phi) is 6.49. The zero-order chi connectivity index (χ0) is 21.0. The number of methoxy groups -OCH3 is 1. The molecule has 7 heteroatoms. The second-order valence-electron chi connectivity index (χ2n) is 6.73. The van der Waals surface area contributed by atoms with E-state index in [-0.39, 0.29) is 24.8 Å². The Bertz CT molecular complexity index is 1130.